The molecule has 1 N–H and O–H groups in total. The van der Waals surface area contributed by atoms with E-state index >= 15 is 0 Å². The summed E-state index contributed by atoms with van der Waals surface area (Å²) in [5.41, 5.74) is 1.59. The Morgan fingerprint density at radius 1 is 1.33 bits per heavy atom. The summed E-state index contributed by atoms with van der Waals surface area (Å²) in [6.07, 6.45) is 0.414. The van der Waals surface area contributed by atoms with Gasteiger partial charge in [-0.3, -0.25) is 0 Å². The SMILES string of the molecule is Cc1cc(S(=O)(=O)N(C)C)ccc1C#CCCO. The fourth-order valence-electron chi connectivity index (χ4n) is 1.36. The number of hydrogen-bond acceptors (Lipinski definition) is 3. The maximum Gasteiger partial charge on any atom is 0.242 e. The second kappa shape index (κ2) is 6.01. The minimum atomic E-state index is -3.40. The highest BCUT2D eigenvalue weighted by Gasteiger charge is 2.17. The van der Waals surface area contributed by atoms with E-state index in [2.05, 4.69) is 11.8 Å². The van der Waals surface area contributed by atoms with Gasteiger partial charge in [-0.05, 0) is 30.7 Å². The lowest BCUT2D eigenvalue weighted by atomic mass is 10.1. The molecule has 0 aliphatic carbocycles. The van der Waals surface area contributed by atoms with E-state index in [4.69, 9.17) is 5.11 Å². The molecule has 5 heteroatoms. The smallest absolute Gasteiger partial charge is 0.242 e. The van der Waals surface area contributed by atoms with Crippen molar-refractivity contribution in [2.24, 2.45) is 0 Å². The Bertz CT molecular complexity index is 580. The highest BCUT2D eigenvalue weighted by atomic mass is 32.2. The van der Waals surface area contributed by atoms with Gasteiger partial charge in [0, 0.05) is 26.1 Å². The van der Waals surface area contributed by atoms with Gasteiger partial charge in [-0.1, -0.05) is 11.8 Å². The van der Waals surface area contributed by atoms with E-state index in [1.54, 1.807) is 18.2 Å². The molecule has 4 nitrogen and oxygen atoms in total. The van der Waals surface area contributed by atoms with E-state index in [1.807, 2.05) is 6.92 Å². The largest absolute Gasteiger partial charge is 0.395 e. The van der Waals surface area contributed by atoms with E-state index in [0.717, 1.165) is 11.1 Å². The van der Waals surface area contributed by atoms with Crippen molar-refractivity contribution in [2.45, 2.75) is 18.2 Å². The van der Waals surface area contributed by atoms with Crippen LogP contribution in [0.3, 0.4) is 0 Å². The van der Waals surface area contributed by atoms with Gasteiger partial charge in [-0.2, -0.15) is 0 Å². The van der Waals surface area contributed by atoms with Crippen molar-refractivity contribution in [1.29, 1.82) is 0 Å². The minimum absolute atomic E-state index is 0.0269. The Kier molecular flexibility index (Phi) is 4.91. The standard InChI is InChI=1S/C13H17NO3S/c1-11-10-13(18(16,17)14(2)3)8-7-12(11)6-4-5-9-15/h7-8,10,15H,5,9H2,1-3H3. The van der Waals surface area contributed by atoms with Crippen LogP contribution in [0.4, 0.5) is 0 Å². The minimum Gasteiger partial charge on any atom is -0.395 e. The highest BCUT2D eigenvalue weighted by molar-refractivity contribution is 7.89. The first-order chi connectivity index (χ1) is 8.39. The molecule has 0 bridgehead atoms. The van der Waals surface area contributed by atoms with Gasteiger partial charge in [-0.25, -0.2) is 12.7 Å². The lowest BCUT2D eigenvalue weighted by Gasteiger charge is -2.12. The summed E-state index contributed by atoms with van der Waals surface area (Å²) >= 11 is 0. The van der Waals surface area contributed by atoms with Crippen LogP contribution in [0.15, 0.2) is 23.1 Å². The predicted molar refractivity (Wildman–Crippen MR) is 70.6 cm³/mol. The van der Waals surface area contributed by atoms with Crippen molar-refractivity contribution in [3.8, 4) is 11.8 Å². The normalized spacial score (nSPS) is 11.2. The Labute approximate surface area is 108 Å². The maximum absolute atomic E-state index is 11.9. The van der Waals surface area contributed by atoms with E-state index in [9.17, 15) is 8.42 Å². The fourth-order valence-corrected chi connectivity index (χ4v) is 2.35. The van der Waals surface area contributed by atoms with E-state index in [-0.39, 0.29) is 11.5 Å². The predicted octanol–water partition coefficient (Wildman–Crippen LogP) is 0.979. The second-order valence-electron chi connectivity index (χ2n) is 4.04. The molecule has 0 aliphatic heterocycles. The zero-order chi connectivity index (χ0) is 13.8. The Balaban J connectivity index is 3.12. The molecule has 0 saturated carbocycles. The number of hydrogen-bond donors (Lipinski definition) is 1. The Morgan fingerprint density at radius 3 is 2.50 bits per heavy atom. The Hall–Kier alpha value is -1.35. The average molecular weight is 267 g/mol. The molecule has 0 fully saturated rings. The molecule has 0 spiro atoms. The molecule has 1 aromatic carbocycles. The molecule has 0 unspecified atom stereocenters. The molecule has 0 atom stereocenters. The second-order valence-corrected chi connectivity index (χ2v) is 6.19. The van der Waals surface area contributed by atoms with Crippen molar-refractivity contribution in [3.63, 3.8) is 0 Å². The van der Waals surface area contributed by atoms with Gasteiger partial charge in [0.15, 0.2) is 0 Å². The van der Waals surface area contributed by atoms with Crippen LogP contribution in [0.5, 0.6) is 0 Å². The first-order valence-electron chi connectivity index (χ1n) is 5.52. The topological polar surface area (TPSA) is 57.6 Å². The number of rotatable bonds is 3. The van der Waals surface area contributed by atoms with E-state index in [0.29, 0.717) is 6.42 Å². The number of aliphatic hydroxyl groups is 1. The van der Waals surface area contributed by atoms with Crippen molar-refractivity contribution in [2.75, 3.05) is 20.7 Å². The summed E-state index contributed by atoms with van der Waals surface area (Å²) in [6.45, 7) is 1.84. The summed E-state index contributed by atoms with van der Waals surface area (Å²) in [5.74, 6) is 5.72. The van der Waals surface area contributed by atoms with Crippen molar-refractivity contribution in [1.82, 2.24) is 4.31 Å². The van der Waals surface area contributed by atoms with E-state index in [1.165, 1.54) is 18.4 Å². The first-order valence-corrected chi connectivity index (χ1v) is 6.96. The van der Waals surface area contributed by atoms with Crippen LogP contribution < -0.4 is 0 Å². The van der Waals surface area contributed by atoms with Gasteiger partial charge in [0.25, 0.3) is 0 Å². The zero-order valence-corrected chi connectivity index (χ0v) is 11.6. The van der Waals surface area contributed by atoms with Crippen LogP contribution in [0.2, 0.25) is 0 Å². The molecular formula is C13H17NO3S. The molecule has 0 aliphatic rings. The third kappa shape index (κ3) is 3.33. The van der Waals surface area contributed by atoms with Gasteiger partial charge in [-0.15, -0.1) is 0 Å². The summed E-state index contributed by atoms with van der Waals surface area (Å²) < 4.78 is 25.0. The maximum atomic E-state index is 11.9. The number of aryl methyl sites for hydroxylation is 1. The number of nitrogens with zero attached hydrogens (tertiary/aromatic N) is 1. The molecular weight excluding hydrogens is 250 g/mol. The quantitative estimate of drug-likeness (QED) is 0.831. The summed E-state index contributed by atoms with van der Waals surface area (Å²) in [5, 5.41) is 8.64. The highest BCUT2D eigenvalue weighted by Crippen LogP contribution is 2.17. The molecule has 18 heavy (non-hydrogen) atoms. The summed E-state index contributed by atoms with van der Waals surface area (Å²) in [7, 11) is -0.397. The van der Waals surface area contributed by atoms with Gasteiger partial charge in [0.1, 0.15) is 0 Å². The molecule has 0 amide bonds. The first kappa shape index (κ1) is 14.7. The van der Waals surface area contributed by atoms with E-state index < -0.39 is 10.0 Å². The number of aliphatic hydroxyl groups excluding tert-OH is 1. The Morgan fingerprint density at radius 2 is 2.00 bits per heavy atom. The lowest BCUT2D eigenvalue weighted by molar-refractivity contribution is 0.305. The fraction of sp³-hybridized carbons (Fsp3) is 0.385. The number of benzene rings is 1. The average Bonchev–Trinajstić information content (AvgIpc) is 2.31. The lowest BCUT2D eigenvalue weighted by Crippen LogP contribution is -2.22. The molecule has 0 radical (unpaired) electrons. The van der Waals surface area contributed by atoms with Gasteiger partial charge >= 0.3 is 0 Å². The molecule has 0 aromatic heterocycles. The third-order valence-corrected chi connectivity index (χ3v) is 4.25. The van der Waals surface area contributed by atoms with Crippen LogP contribution >= 0.6 is 0 Å². The van der Waals surface area contributed by atoms with Crippen molar-refractivity contribution >= 4 is 10.0 Å². The molecule has 98 valence electrons. The van der Waals surface area contributed by atoms with Crippen molar-refractivity contribution in [3.05, 3.63) is 29.3 Å². The molecule has 0 saturated heterocycles. The summed E-state index contributed by atoms with van der Waals surface area (Å²) in [6, 6.07) is 4.85. The van der Waals surface area contributed by atoms with Crippen molar-refractivity contribution < 1.29 is 13.5 Å². The van der Waals surface area contributed by atoms with Crippen LogP contribution in [-0.2, 0) is 10.0 Å². The van der Waals surface area contributed by atoms with Gasteiger partial charge in [0.05, 0.1) is 11.5 Å². The summed E-state index contributed by atoms with van der Waals surface area (Å²) in [4.78, 5) is 0.262. The van der Waals surface area contributed by atoms with Gasteiger partial charge in [0.2, 0.25) is 10.0 Å². The van der Waals surface area contributed by atoms with Crippen LogP contribution in [0.25, 0.3) is 0 Å². The van der Waals surface area contributed by atoms with Crippen LogP contribution in [-0.4, -0.2) is 38.5 Å². The molecule has 0 heterocycles. The zero-order valence-electron chi connectivity index (χ0n) is 10.8. The number of sulfonamides is 1. The van der Waals surface area contributed by atoms with Crippen LogP contribution in [0.1, 0.15) is 17.5 Å². The van der Waals surface area contributed by atoms with Gasteiger partial charge < -0.3 is 5.11 Å². The molecule has 1 rings (SSSR count). The monoisotopic (exact) mass is 267 g/mol. The van der Waals surface area contributed by atoms with Crippen LogP contribution in [0, 0.1) is 18.8 Å². The third-order valence-electron chi connectivity index (χ3n) is 2.44. The molecule has 1 aromatic rings.